The van der Waals surface area contributed by atoms with E-state index in [1.807, 2.05) is 0 Å². The van der Waals surface area contributed by atoms with Crippen LogP contribution in [0.3, 0.4) is 0 Å². The first kappa shape index (κ1) is 27.7. The van der Waals surface area contributed by atoms with Gasteiger partial charge in [-0.2, -0.15) is 0 Å². The third-order valence-electron chi connectivity index (χ3n) is 10.3. The molecular weight excluding hydrogens is 595 g/mol. The van der Waals surface area contributed by atoms with Crippen molar-refractivity contribution in [3.8, 4) is 28.3 Å². The highest BCUT2D eigenvalue weighted by atomic mass is 16.5. The van der Waals surface area contributed by atoms with E-state index in [0.717, 1.165) is 33.9 Å². The van der Waals surface area contributed by atoms with E-state index in [2.05, 4.69) is 193 Å². The lowest BCUT2D eigenvalue weighted by molar-refractivity contribution is 0.434. The van der Waals surface area contributed by atoms with Crippen molar-refractivity contribution >= 4 is 32.6 Å². The van der Waals surface area contributed by atoms with Crippen molar-refractivity contribution in [3.63, 3.8) is 0 Å². The number of nitrogens with zero attached hydrogens (tertiary/aromatic N) is 1. The van der Waals surface area contributed by atoms with Crippen LogP contribution in [0, 0.1) is 0 Å². The third-order valence-corrected chi connectivity index (χ3v) is 10.3. The predicted octanol–water partition coefficient (Wildman–Crippen LogP) is 12.1. The number of aromatic nitrogens is 1. The van der Waals surface area contributed by atoms with Gasteiger partial charge in [-0.05, 0) is 70.1 Å². The van der Waals surface area contributed by atoms with Gasteiger partial charge in [0.1, 0.15) is 11.5 Å². The Morgan fingerprint density at radius 1 is 0.449 bits per heavy atom. The van der Waals surface area contributed by atoms with E-state index in [-0.39, 0.29) is 0 Å². The summed E-state index contributed by atoms with van der Waals surface area (Å²) in [4.78, 5) is 0. The van der Waals surface area contributed by atoms with E-state index in [1.165, 1.54) is 49.3 Å². The van der Waals surface area contributed by atoms with Crippen LogP contribution >= 0.6 is 0 Å². The molecule has 2 nitrogen and oxygen atoms in total. The molecular formula is C47H31NO. The van der Waals surface area contributed by atoms with Crippen molar-refractivity contribution in [2.45, 2.75) is 5.41 Å². The number of rotatable bonds is 4. The molecule has 0 N–H and O–H groups in total. The van der Waals surface area contributed by atoms with Crippen LogP contribution in [-0.4, -0.2) is 4.57 Å². The van der Waals surface area contributed by atoms with E-state index in [1.54, 1.807) is 0 Å². The second kappa shape index (κ2) is 10.8. The van der Waals surface area contributed by atoms with Crippen LogP contribution in [0.4, 0.5) is 0 Å². The van der Waals surface area contributed by atoms with Gasteiger partial charge in [0, 0.05) is 33.0 Å². The first-order valence-corrected chi connectivity index (χ1v) is 16.9. The lowest BCUT2D eigenvalue weighted by Crippen LogP contribution is -2.34. The Hall–Kier alpha value is -6.38. The van der Waals surface area contributed by atoms with Crippen molar-refractivity contribution in [2.75, 3.05) is 0 Å². The van der Waals surface area contributed by atoms with E-state index < -0.39 is 5.41 Å². The first-order valence-electron chi connectivity index (χ1n) is 16.9. The summed E-state index contributed by atoms with van der Waals surface area (Å²) < 4.78 is 9.19. The first-order chi connectivity index (χ1) is 24.3. The Morgan fingerprint density at radius 3 is 1.80 bits per heavy atom. The van der Waals surface area contributed by atoms with E-state index in [4.69, 9.17) is 4.74 Å². The van der Waals surface area contributed by atoms with Gasteiger partial charge in [0.2, 0.25) is 0 Å². The van der Waals surface area contributed by atoms with Gasteiger partial charge in [0.05, 0.1) is 16.4 Å². The largest absolute Gasteiger partial charge is 0.457 e. The number of hydrogen-bond donors (Lipinski definition) is 0. The van der Waals surface area contributed by atoms with Crippen molar-refractivity contribution in [2.24, 2.45) is 0 Å². The highest BCUT2D eigenvalue weighted by Gasteiger charge is 2.45. The molecule has 0 bridgehead atoms. The molecule has 0 fully saturated rings. The maximum absolute atomic E-state index is 6.75. The van der Waals surface area contributed by atoms with Crippen LogP contribution in [0.25, 0.3) is 49.4 Å². The van der Waals surface area contributed by atoms with Gasteiger partial charge in [-0.15, -0.1) is 0 Å². The van der Waals surface area contributed by atoms with Gasteiger partial charge in [-0.1, -0.05) is 146 Å². The Labute approximate surface area is 285 Å². The second-order valence-corrected chi connectivity index (χ2v) is 12.8. The molecule has 0 spiro atoms. The second-order valence-electron chi connectivity index (χ2n) is 12.8. The summed E-state index contributed by atoms with van der Waals surface area (Å²) in [5, 5.41) is 4.93. The molecule has 0 radical (unpaired) electrons. The van der Waals surface area contributed by atoms with Crippen molar-refractivity contribution in [1.29, 1.82) is 0 Å². The summed E-state index contributed by atoms with van der Waals surface area (Å²) in [5.74, 6) is 1.76. The Bertz CT molecular complexity index is 2630. The minimum Gasteiger partial charge on any atom is -0.457 e. The fraction of sp³-hybridized carbons (Fsp3) is 0.0213. The molecule has 0 unspecified atom stereocenters. The summed E-state index contributed by atoms with van der Waals surface area (Å²) in [6.45, 7) is 0. The number of para-hydroxylation sites is 3. The van der Waals surface area contributed by atoms with Gasteiger partial charge >= 0.3 is 0 Å². The monoisotopic (exact) mass is 625 g/mol. The average Bonchev–Trinajstić information content (AvgIpc) is 3.53. The minimum atomic E-state index is -0.587. The van der Waals surface area contributed by atoms with Gasteiger partial charge in [0.25, 0.3) is 0 Å². The van der Waals surface area contributed by atoms with Crippen LogP contribution in [0.1, 0.15) is 22.3 Å². The number of benzene rings is 8. The van der Waals surface area contributed by atoms with Crippen LogP contribution in [0.5, 0.6) is 11.5 Å². The summed E-state index contributed by atoms with van der Waals surface area (Å²) in [7, 11) is 0. The van der Waals surface area contributed by atoms with Crippen molar-refractivity contribution < 1.29 is 4.74 Å². The third kappa shape index (κ3) is 4.01. The normalized spacial score (nSPS) is 13.2. The summed E-state index contributed by atoms with van der Waals surface area (Å²) in [6.07, 6.45) is 0. The van der Waals surface area contributed by atoms with Crippen LogP contribution in [0.15, 0.2) is 188 Å². The Kier molecular flexibility index (Phi) is 6.13. The molecule has 2 heterocycles. The van der Waals surface area contributed by atoms with Crippen molar-refractivity contribution in [3.05, 3.63) is 210 Å². The van der Waals surface area contributed by atoms with E-state index in [0.29, 0.717) is 0 Å². The zero-order valence-electron chi connectivity index (χ0n) is 26.8. The highest BCUT2D eigenvalue weighted by molar-refractivity contribution is 6.24. The fourth-order valence-electron chi connectivity index (χ4n) is 8.28. The fourth-order valence-corrected chi connectivity index (χ4v) is 8.28. The van der Waals surface area contributed by atoms with Gasteiger partial charge in [-0.25, -0.2) is 0 Å². The zero-order valence-corrected chi connectivity index (χ0v) is 26.8. The molecule has 10 rings (SSSR count). The molecule has 0 atom stereocenters. The number of ether oxygens (including phenoxy) is 1. The summed E-state index contributed by atoms with van der Waals surface area (Å²) in [6, 6.07) is 67.8. The Morgan fingerprint density at radius 2 is 1.04 bits per heavy atom. The lowest BCUT2D eigenvalue weighted by atomic mass is 9.63. The number of hydrogen-bond acceptors (Lipinski definition) is 1. The molecule has 230 valence electrons. The highest BCUT2D eigenvalue weighted by Crippen LogP contribution is 2.56. The molecule has 1 aliphatic heterocycles. The molecule has 9 aromatic rings. The zero-order chi connectivity index (χ0) is 32.4. The molecule has 49 heavy (non-hydrogen) atoms. The van der Waals surface area contributed by atoms with E-state index >= 15 is 0 Å². The van der Waals surface area contributed by atoms with Gasteiger partial charge in [0.15, 0.2) is 0 Å². The van der Waals surface area contributed by atoms with Crippen LogP contribution in [-0.2, 0) is 5.41 Å². The summed E-state index contributed by atoms with van der Waals surface area (Å²) >= 11 is 0. The van der Waals surface area contributed by atoms with Gasteiger partial charge < -0.3 is 9.30 Å². The quantitative estimate of drug-likeness (QED) is 0.190. The molecule has 0 saturated carbocycles. The van der Waals surface area contributed by atoms with Gasteiger partial charge in [-0.3, -0.25) is 0 Å². The smallest absolute Gasteiger partial charge is 0.132 e. The molecule has 0 amide bonds. The maximum Gasteiger partial charge on any atom is 0.132 e. The minimum absolute atomic E-state index is 0.587. The summed E-state index contributed by atoms with van der Waals surface area (Å²) in [5.41, 5.74) is 10.0. The molecule has 1 aromatic heterocycles. The molecule has 0 aliphatic carbocycles. The SMILES string of the molecule is c1ccc(-n2c3ccccc3c3c(-c4ccc5c(c4)C(c4ccccc4)(c4ccccc4)c4ccccc4O5)cc4ccccc4c32)cc1. The van der Waals surface area contributed by atoms with E-state index in [9.17, 15) is 0 Å². The predicted molar refractivity (Wildman–Crippen MR) is 202 cm³/mol. The Balaban J connectivity index is 1.34. The standard InChI is InChI=1S/C47H31NO/c1-4-17-34(18-5-1)47(35-19-6-2-7-20-35)40-25-13-15-27-43(40)49-44-29-28-33(31-41(44)47)39-30-32-16-10-11-23-37(32)46-45(39)38-24-12-14-26-42(38)48(46)36-21-8-3-9-22-36/h1-31H. The van der Waals surface area contributed by atoms with Crippen LogP contribution < -0.4 is 4.74 Å². The average molecular weight is 626 g/mol. The molecule has 2 heteroatoms. The number of fused-ring (bicyclic) bond motifs is 7. The lowest BCUT2D eigenvalue weighted by Gasteiger charge is -2.41. The molecule has 8 aromatic carbocycles. The molecule has 1 aliphatic rings. The maximum atomic E-state index is 6.75. The molecule has 0 saturated heterocycles. The van der Waals surface area contributed by atoms with Crippen LogP contribution in [0.2, 0.25) is 0 Å². The van der Waals surface area contributed by atoms with Crippen molar-refractivity contribution in [1.82, 2.24) is 4.57 Å². The topological polar surface area (TPSA) is 14.2 Å².